The van der Waals surface area contributed by atoms with E-state index in [9.17, 15) is 0 Å². The Hall–Kier alpha value is -5.33. The van der Waals surface area contributed by atoms with Crippen LogP contribution in [0, 0.1) is 0 Å². The Morgan fingerprint density at radius 3 is 2.17 bits per heavy atom. The van der Waals surface area contributed by atoms with Gasteiger partial charge in [0.25, 0.3) is 0 Å². The van der Waals surface area contributed by atoms with Gasteiger partial charge in [0, 0.05) is 45.0 Å². The van der Waals surface area contributed by atoms with Crippen LogP contribution in [-0.2, 0) is 0 Å². The number of nitrogens with zero attached hydrogens (tertiary/aromatic N) is 5. The summed E-state index contributed by atoms with van der Waals surface area (Å²) < 4.78 is 2.32. The van der Waals surface area contributed by atoms with Crippen molar-refractivity contribution in [1.82, 2.24) is 24.9 Å². The van der Waals surface area contributed by atoms with Crippen LogP contribution in [0.2, 0.25) is 0 Å². The Kier molecular flexibility index (Phi) is 5.57. The lowest BCUT2D eigenvalue weighted by Gasteiger charge is -2.11. The van der Waals surface area contributed by atoms with Gasteiger partial charge in [-0.25, -0.2) is 9.97 Å². The number of hydrogen-bond acceptors (Lipinski definition) is 6. The van der Waals surface area contributed by atoms with E-state index in [1.165, 1.54) is 15.5 Å². The highest BCUT2D eigenvalue weighted by Gasteiger charge is 2.17. The minimum absolute atomic E-state index is 0.620. The lowest BCUT2D eigenvalue weighted by Crippen LogP contribution is -1.97. The lowest BCUT2D eigenvalue weighted by molar-refractivity contribution is 1.19. The largest absolute Gasteiger partial charge is 0.255 e. The van der Waals surface area contributed by atoms with E-state index < -0.39 is 0 Å². The molecule has 0 aliphatic rings. The molecule has 0 radical (unpaired) electrons. The van der Waals surface area contributed by atoms with Gasteiger partial charge >= 0.3 is 0 Å². The summed E-state index contributed by atoms with van der Waals surface area (Å²) in [6, 6.07) is 37.2. The molecule has 8 aromatic rings. The molecule has 3 aromatic carbocycles. The molecule has 0 aliphatic heterocycles. The highest BCUT2D eigenvalue weighted by atomic mass is 32.1. The maximum absolute atomic E-state index is 5.13. The smallest absolute Gasteiger partial charge is 0.180 e. The molecule has 0 unspecified atom stereocenters. The Morgan fingerprint density at radius 2 is 1.27 bits per heavy atom. The molecule has 0 atom stereocenters. The number of hydrogen-bond donors (Lipinski definition) is 0. The second-order valence-electron chi connectivity index (χ2n) is 9.77. The van der Waals surface area contributed by atoms with Crippen LogP contribution in [-0.4, -0.2) is 24.9 Å². The summed E-state index contributed by atoms with van der Waals surface area (Å²) in [6.45, 7) is 0. The number of fused-ring (bicyclic) bond motifs is 4. The molecule has 0 spiro atoms. The van der Waals surface area contributed by atoms with Gasteiger partial charge in [-0.05, 0) is 59.7 Å². The predicted octanol–water partition coefficient (Wildman–Crippen LogP) is 8.85. The van der Waals surface area contributed by atoms with Crippen molar-refractivity contribution < 1.29 is 0 Å². The van der Waals surface area contributed by atoms with Gasteiger partial charge in [-0.1, -0.05) is 60.7 Å². The summed E-state index contributed by atoms with van der Waals surface area (Å²) in [5, 5.41) is 3.39. The van der Waals surface area contributed by atoms with Crippen LogP contribution in [0.4, 0.5) is 0 Å². The minimum Gasteiger partial charge on any atom is -0.255 e. The quantitative estimate of drug-likeness (QED) is 0.222. The van der Waals surface area contributed by atoms with E-state index in [1.54, 1.807) is 17.5 Å². The summed E-state index contributed by atoms with van der Waals surface area (Å²) >= 11 is 1.73. The third-order valence-corrected chi connectivity index (χ3v) is 8.46. The fraction of sp³-hybridized carbons (Fsp3) is 0. The zero-order valence-electron chi connectivity index (χ0n) is 21.8. The maximum atomic E-state index is 5.13. The second-order valence-corrected chi connectivity index (χ2v) is 10.8. The third-order valence-electron chi connectivity index (χ3n) is 7.27. The van der Waals surface area contributed by atoms with Gasteiger partial charge in [-0.2, -0.15) is 0 Å². The van der Waals surface area contributed by atoms with E-state index in [0.29, 0.717) is 5.82 Å². The maximum Gasteiger partial charge on any atom is 0.180 e. The van der Waals surface area contributed by atoms with E-state index in [2.05, 4.69) is 76.7 Å². The van der Waals surface area contributed by atoms with Crippen LogP contribution in [0.3, 0.4) is 0 Å². The molecule has 192 valence electrons. The highest BCUT2D eigenvalue weighted by Crippen LogP contribution is 2.39. The summed E-state index contributed by atoms with van der Waals surface area (Å²) in [5.41, 5.74) is 7.37. The van der Waals surface area contributed by atoms with Gasteiger partial charge < -0.3 is 0 Å². The highest BCUT2D eigenvalue weighted by molar-refractivity contribution is 7.26. The SMILES string of the molecule is c1ccc(-c2nc(-c3nccc4c3sc3ccccc34)nc3cc(-c4ccnc(-c5ccccn5)c4)ccc23)cc1. The molecule has 8 rings (SSSR count). The topological polar surface area (TPSA) is 64.5 Å². The van der Waals surface area contributed by atoms with Crippen molar-refractivity contribution in [2.45, 2.75) is 0 Å². The van der Waals surface area contributed by atoms with Crippen molar-refractivity contribution in [2.75, 3.05) is 0 Å². The molecule has 0 bridgehead atoms. The van der Waals surface area contributed by atoms with Crippen LogP contribution < -0.4 is 0 Å². The van der Waals surface area contributed by atoms with Gasteiger partial charge in [0.05, 0.1) is 27.3 Å². The average molecular weight is 544 g/mol. The van der Waals surface area contributed by atoms with Gasteiger partial charge in [-0.15, -0.1) is 11.3 Å². The van der Waals surface area contributed by atoms with Gasteiger partial charge in [-0.3, -0.25) is 15.0 Å². The van der Waals surface area contributed by atoms with Crippen LogP contribution in [0.25, 0.3) is 76.4 Å². The van der Waals surface area contributed by atoms with Crippen LogP contribution in [0.5, 0.6) is 0 Å². The molecule has 41 heavy (non-hydrogen) atoms. The Bertz CT molecular complexity index is 2210. The van der Waals surface area contributed by atoms with E-state index >= 15 is 0 Å². The monoisotopic (exact) mass is 543 g/mol. The normalized spacial score (nSPS) is 11.4. The molecule has 5 heterocycles. The summed E-state index contributed by atoms with van der Waals surface area (Å²) in [7, 11) is 0. The van der Waals surface area contributed by atoms with E-state index in [-0.39, 0.29) is 0 Å². The van der Waals surface area contributed by atoms with Crippen LogP contribution in [0.1, 0.15) is 0 Å². The number of pyridine rings is 3. The van der Waals surface area contributed by atoms with Gasteiger partial charge in [0.1, 0.15) is 5.69 Å². The number of aromatic nitrogens is 5. The molecule has 6 heteroatoms. The van der Waals surface area contributed by atoms with Crippen molar-refractivity contribution in [1.29, 1.82) is 0 Å². The third kappa shape index (κ3) is 4.13. The van der Waals surface area contributed by atoms with E-state index in [4.69, 9.17) is 15.0 Å². The first-order chi connectivity index (χ1) is 20.3. The summed E-state index contributed by atoms with van der Waals surface area (Å²) in [6.07, 6.45) is 5.48. The Morgan fingerprint density at radius 1 is 0.463 bits per heavy atom. The molecular formula is C35H21N5S. The zero-order valence-corrected chi connectivity index (χ0v) is 22.6. The van der Waals surface area contributed by atoms with Crippen molar-refractivity contribution in [3.8, 4) is 45.3 Å². The Labute approximate surface area is 239 Å². The minimum atomic E-state index is 0.620. The molecule has 0 amide bonds. The predicted molar refractivity (Wildman–Crippen MR) is 168 cm³/mol. The molecule has 5 aromatic heterocycles. The van der Waals surface area contributed by atoms with Gasteiger partial charge in [0.15, 0.2) is 5.82 Å². The first kappa shape index (κ1) is 23.5. The first-order valence-corrected chi connectivity index (χ1v) is 14.2. The summed E-state index contributed by atoms with van der Waals surface area (Å²) in [5.74, 6) is 0.620. The standard InChI is InChI=1S/C35H21N5S/c1-2-8-22(9-3-1)32-27-14-13-23(24-15-18-37-30(21-24)28-11-6-7-17-36-28)20-29(27)39-35(40-32)33-34-26(16-19-38-33)25-10-4-5-12-31(25)41-34/h1-21H. The van der Waals surface area contributed by atoms with Crippen LogP contribution >= 0.6 is 11.3 Å². The zero-order chi connectivity index (χ0) is 27.2. The van der Waals surface area contributed by atoms with Gasteiger partial charge in [0.2, 0.25) is 0 Å². The molecule has 0 saturated heterocycles. The van der Waals surface area contributed by atoms with Crippen molar-refractivity contribution in [3.63, 3.8) is 0 Å². The molecule has 0 fully saturated rings. The van der Waals surface area contributed by atoms with Crippen LogP contribution in [0.15, 0.2) is 128 Å². The van der Waals surface area contributed by atoms with E-state index in [0.717, 1.165) is 55.1 Å². The fourth-order valence-electron chi connectivity index (χ4n) is 5.31. The van der Waals surface area contributed by atoms with E-state index in [1.807, 2.05) is 54.9 Å². The second kappa shape index (κ2) is 9.70. The summed E-state index contributed by atoms with van der Waals surface area (Å²) in [4.78, 5) is 24.1. The molecule has 0 N–H and O–H groups in total. The molecular weight excluding hydrogens is 522 g/mol. The van der Waals surface area contributed by atoms with Crippen molar-refractivity contribution >= 4 is 42.4 Å². The number of benzene rings is 3. The fourth-order valence-corrected chi connectivity index (χ4v) is 6.49. The first-order valence-electron chi connectivity index (χ1n) is 13.3. The average Bonchev–Trinajstić information content (AvgIpc) is 3.44. The van der Waals surface area contributed by atoms with Crippen molar-refractivity contribution in [2.24, 2.45) is 0 Å². The number of thiophene rings is 1. The van der Waals surface area contributed by atoms with Crippen molar-refractivity contribution in [3.05, 3.63) is 128 Å². The lowest BCUT2D eigenvalue weighted by atomic mass is 10.0. The Balaban J connectivity index is 1.35. The molecule has 0 aliphatic carbocycles. The molecule has 5 nitrogen and oxygen atoms in total. The molecule has 0 saturated carbocycles. The number of rotatable bonds is 4.